The Morgan fingerprint density at radius 1 is 1.53 bits per heavy atom. The van der Waals surface area contributed by atoms with Crippen LogP contribution in [0, 0.1) is 0 Å². The quantitative estimate of drug-likeness (QED) is 0.792. The Kier molecular flexibility index (Phi) is 3.16. The zero-order valence-electron chi connectivity index (χ0n) is 8.85. The van der Waals surface area contributed by atoms with Crippen molar-refractivity contribution in [3.8, 4) is 0 Å². The first-order valence-electron chi connectivity index (χ1n) is 4.44. The molecule has 0 aromatic carbocycles. The van der Waals surface area contributed by atoms with Crippen molar-refractivity contribution >= 4 is 5.97 Å². The zero-order chi connectivity index (χ0) is 11.6. The number of aliphatic hydroxyl groups excluding tert-OH is 1. The van der Waals surface area contributed by atoms with E-state index < -0.39 is 17.7 Å². The third-order valence-corrected chi connectivity index (χ3v) is 2.29. The maximum absolute atomic E-state index is 10.5. The first-order valence-corrected chi connectivity index (χ1v) is 4.44. The highest BCUT2D eigenvalue weighted by Crippen LogP contribution is 2.29. The summed E-state index contributed by atoms with van der Waals surface area (Å²) in [6.45, 7) is 3.36. The number of ether oxygens (including phenoxy) is 1. The monoisotopic (exact) mass is 214 g/mol. The molecular weight excluding hydrogens is 200 g/mol. The molecule has 1 unspecified atom stereocenters. The van der Waals surface area contributed by atoms with Crippen LogP contribution in [0.15, 0.2) is 16.5 Å². The molecule has 1 aromatic heterocycles. The lowest BCUT2D eigenvalue weighted by Gasteiger charge is -2.27. The molecule has 0 radical (unpaired) electrons. The molecule has 1 heterocycles. The number of methoxy groups -OCH3 is 1. The van der Waals surface area contributed by atoms with E-state index in [9.17, 15) is 9.90 Å². The summed E-state index contributed by atoms with van der Waals surface area (Å²) < 4.78 is 10.0. The first-order chi connectivity index (χ1) is 6.88. The van der Waals surface area contributed by atoms with Crippen LogP contribution in [0.4, 0.5) is 0 Å². The Morgan fingerprint density at radius 3 is 2.53 bits per heavy atom. The lowest BCUT2D eigenvalue weighted by atomic mass is 10.00. The Bertz CT molecular complexity index is 352. The third kappa shape index (κ3) is 2.37. The molecule has 1 atom stereocenters. The highest BCUT2D eigenvalue weighted by atomic mass is 16.5. The number of furan rings is 1. The van der Waals surface area contributed by atoms with Gasteiger partial charge in [-0.3, -0.25) is 0 Å². The second-order valence-electron chi connectivity index (χ2n) is 3.72. The van der Waals surface area contributed by atoms with Crippen molar-refractivity contribution < 1.29 is 24.2 Å². The predicted molar refractivity (Wildman–Crippen MR) is 51.7 cm³/mol. The second kappa shape index (κ2) is 4.04. The van der Waals surface area contributed by atoms with Crippen LogP contribution in [0.5, 0.6) is 0 Å². The summed E-state index contributed by atoms with van der Waals surface area (Å²) in [5.74, 6) is -1.18. The van der Waals surface area contributed by atoms with E-state index in [1.54, 1.807) is 13.8 Å². The Hall–Kier alpha value is -1.33. The normalized spacial score (nSPS) is 13.9. The fourth-order valence-corrected chi connectivity index (χ4v) is 1.07. The summed E-state index contributed by atoms with van der Waals surface area (Å²) in [5, 5.41) is 18.5. The molecule has 0 fully saturated rings. The van der Waals surface area contributed by atoms with Gasteiger partial charge >= 0.3 is 5.97 Å². The zero-order valence-corrected chi connectivity index (χ0v) is 8.85. The molecule has 0 amide bonds. The minimum Gasteiger partial charge on any atom is -0.475 e. The van der Waals surface area contributed by atoms with Crippen molar-refractivity contribution in [2.75, 3.05) is 7.11 Å². The van der Waals surface area contributed by atoms with E-state index in [0.717, 1.165) is 0 Å². The molecule has 0 aliphatic heterocycles. The van der Waals surface area contributed by atoms with Gasteiger partial charge in [0.25, 0.3) is 0 Å². The van der Waals surface area contributed by atoms with Crippen LogP contribution in [0.2, 0.25) is 0 Å². The summed E-state index contributed by atoms with van der Waals surface area (Å²) in [7, 11) is 1.46. The number of carboxylic acids is 1. The molecule has 0 bridgehead atoms. The van der Waals surface area contributed by atoms with E-state index in [-0.39, 0.29) is 11.5 Å². The predicted octanol–water partition coefficient (Wildman–Crippen LogP) is 1.44. The Labute approximate surface area is 87.3 Å². The molecule has 0 aliphatic carbocycles. The average Bonchev–Trinajstić information content (AvgIpc) is 2.65. The summed E-state index contributed by atoms with van der Waals surface area (Å²) >= 11 is 0. The molecular formula is C10H14O5. The maximum Gasteiger partial charge on any atom is 0.371 e. The summed E-state index contributed by atoms with van der Waals surface area (Å²) in [6, 6.07) is 2.72. The Balaban J connectivity index is 2.92. The van der Waals surface area contributed by atoms with Crippen molar-refractivity contribution in [1.29, 1.82) is 0 Å². The molecule has 1 aromatic rings. The molecule has 15 heavy (non-hydrogen) atoms. The highest BCUT2D eigenvalue weighted by Gasteiger charge is 2.31. The van der Waals surface area contributed by atoms with Gasteiger partial charge in [-0.2, -0.15) is 0 Å². The SMILES string of the molecule is COC(C)(C)C(O)c1ccc(C(=O)O)o1. The average molecular weight is 214 g/mol. The van der Waals surface area contributed by atoms with E-state index in [4.69, 9.17) is 14.3 Å². The van der Waals surface area contributed by atoms with Crippen LogP contribution < -0.4 is 0 Å². The summed E-state index contributed by atoms with van der Waals surface area (Å²) in [6.07, 6.45) is -1.00. The molecule has 1 rings (SSSR count). The van der Waals surface area contributed by atoms with E-state index in [1.807, 2.05) is 0 Å². The fourth-order valence-electron chi connectivity index (χ4n) is 1.07. The van der Waals surface area contributed by atoms with Gasteiger partial charge in [0, 0.05) is 7.11 Å². The van der Waals surface area contributed by atoms with Gasteiger partial charge in [-0.1, -0.05) is 0 Å². The van der Waals surface area contributed by atoms with Crippen LogP contribution in [0.25, 0.3) is 0 Å². The lowest BCUT2D eigenvalue weighted by Crippen LogP contribution is -2.31. The number of hydrogen-bond acceptors (Lipinski definition) is 4. The summed E-state index contributed by atoms with van der Waals surface area (Å²) in [5.41, 5.74) is -0.826. The molecule has 0 saturated carbocycles. The summed E-state index contributed by atoms with van der Waals surface area (Å²) in [4.78, 5) is 10.5. The van der Waals surface area contributed by atoms with E-state index >= 15 is 0 Å². The van der Waals surface area contributed by atoms with Gasteiger partial charge < -0.3 is 19.4 Å². The van der Waals surface area contributed by atoms with Gasteiger partial charge in [0.05, 0.1) is 5.60 Å². The first kappa shape index (κ1) is 11.7. The Morgan fingerprint density at radius 2 is 2.13 bits per heavy atom. The molecule has 84 valence electrons. The van der Waals surface area contributed by atoms with Crippen LogP contribution in [-0.2, 0) is 4.74 Å². The molecule has 0 spiro atoms. The van der Waals surface area contributed by atoms with Gasteiger partial charge in [-0.15, -0.1) is 0 Å². The van der Waals surface area contributed by atoms with Crippen LogP contribution in [0.1, 0.15) is 36.3 Å². The van der Waals surface area contributed by atoms with Crippen LogP contribution in [-0.4, -0.2) is 28.9 Å². The molecule has 5 nitrogen and oxygen atoms in total. The fraction of sp³-hybridized carbons (Fsp3) is 0.500. The molecule has 5 heteroatoms. The van der Waals surface area contributed by atoms with Crippen molar-refractivity contribution in [1.82, 2.24) is 0 Å². The minimum atomic E-state index is -1.16. The van der Waals surface area contributed by atoms with Crippen molar-refractivity contribution in [3.05, 3.63) is 23.7 Å². The topological polar surface area (TPSA) is 79.9 Å². The van der Waals surface area contributed by atoms with Gasteiger partial charge in [0.1, 0.15) is 11.9 Å². The number of aliphatic hydroxyl groups is 1. The number of aromatic carboxylic acids is 1. The molecule has 0 aliphatic rings. The lowest BCUT2D eigenvalue weighted by molar-refractivity contribution is -0.0874. The number of hydrogen-bond donors (Lipinski definition) is 2. The smallest absolute Gasteiger partial charge is 0.371 e. The second-order valence-corrected chi connectivity index (χ2v) is 3.72. The van der Waals surface area contributed by atoms with Gasteiger partial charge in [0.15, 0.2) is 0 Å². The van der Waals surface area contributed by atoms with E-state index in [2.05, 4.69) is 0 Å². The molecule has 0 saturated heterocycles. The number of carboxylic acid groups (broad SMARTS) is 1. The standard InChI is InChI=1S/C10H14O5/c1-10(2,14-3)8(11)6-4-5-7(15-6)9(12)13/h4-5,8,11H,1-3H3,(H,12,13). The largest absolute Gasteiger partial charge is 0.475 e. The maximum atomic E-state index is 10.5. The number of carbonyl (C=O) groups is 1. The van der Waals surface area contributed by atoms with Gasteiger partial charge in [-0.05, 0) is 26.0 Å². The van der Waals surface area contributed by atoms with Crippen molar-refractivity contribution in [2.45, 2.75) is 25.6 Å². The molecule has 2 N–H and O–H groups in total. The van der Waals surface area contributed by atoms with Crippen molar-refractivity contribution in [3.63, 3.8) is 0 Å². The van der Waals surface area contributed by atoms with Gasteiger partial charge in [0.2, 0.25) is 5.76 Å². The van der Waals surface area contributed by atoms with Crippen molar-refractivity contribution in [2.24, 2.45) is 0 Å². The van der Waals surface area contributed by atoms with E-state index in [0.29, 0.717) is 0 Å². The number of rotatable bonds is 4. The van der Waals surface area contributed by atoms with E-state index in [1.165, 1.54) is 19.2 Å². The van der Waals surface area contributed by atoms with Crippen LogP contribution >= 0.6 is 0 Å². The third-order valence-electron chi connectivity index (χ3n) is 2.29. The van der Waals surface area contributed by atoms with Gasteiger partial charge in [-0.25, -0.2) is 4.79 Å². The highest BCUT2D eigenvalue weighted by molar-refractivity contribution is 5.84. The van der Waals surface area contributed by atoms with Crippen LogP contribution in [0.3, 0.4) is 0 Å². The minimum absolute atomic E-state index is 0.180.